The predicted molar refractivity (Wildman–Crippen MR) is 116 cm³/mol. The molecule has 1 heterocycles. The van der Waals surface area contributed by atoms with Gasteiger partial charge < -0.3 is 16.0 Å². The van der Waals surface area contributed by atoms with Gasteiger partial charge in [0.2, 0.25) is 5.91 Å². The van der Waals surface area contributed by atoms with Crippen molar-refractivity contribution in [3.63, 3.8) is 0 Å². The van der Waals surface area contributed by atoms with E-state index in [1.54, 1.807) is 42.5 Å². The van der Waals surface area contributed by atoms with Gasteiger partial charge in [0.1, 0.15) is 0 Å². The van der Waals surface area contributed by atoms with Crippen LogP contribution in [0.15, 0.2) is 42.5 Å². The van der Waals surface area contributed by atoms with E-state index < -0.39 is 0 Å². The van der Waals surface area contributed by atoms with E-state index in [0.717, 1.165) is 18.4 Å². The Bertz CT molecular complexity index is 1040. The van der Waals surface area contributed by atoms with Gasteiger partial charge in [0.25, 0.3) is 11.8 Å². The summed E-state index contributed by atoms with van der Waals surface area (Å²) in [5.41, 5.74) is 3.01. The molecule has 0 aromatic heterocycles. The maximum atomic E-state index is 12.5. The van der Waals surface area contributed by atoms with Gasteiger partial charge in [-0.25, -0.2) is 4.79 Å². The fourth-order valence-electron chi connectivity index (χ4n) is 3.45. The molecule has 0 spiro atoms. The molecule has 2 aliphatic rings. The molecule has 31 heavy (non-hydrogen) atoms. The molecule has 4 rings (SSSR count). The first-order chi connectivity index (χ1) is 14.9. The van der Waals surface area contributed by atoms with E-state index in [2.05, 4.69) is 16.0 Å². The summed E-state index contributed by atoms with van der Waals surface area (Å²) < 4.78 is 0. The second-order valence-corrected chi connectivity index (χ2v) is 7.91. The number of fused-ring (bicyclic) bond motifs is 1. The third kappa shape index (κ3) is 4.91. The summed E-state index contributed by atoms with van der Waals surface area (Å²) >= 11 is 0. The summed E-state index contributed by atoms with van der Waals surface area (Å²) in [6, 6.07) is 12.1. The Morgan fingerprint density at radius 3 is 2.26 bits per heavy atom. The fraction of sp³-hybridized carbons (Fsp3) is 0.304. The minimum absolute atomic E-state index is 0.177. The minimum Gasteiger partial charge on any atom is -0.335 e. The van der Waals surface area contributed by atoms with Crippen molar-refractivity contribution in [1.29, 1.82) is 0 Å². The maximum absolute atomic E-state index is 12.5. The number of hydrogen-bond donors (Lipinski definition) is 3. The highest BCUT2D eigenvalue weighted by atomic mass is 16.2. The van der Waals surface area contributed by atoms with Gasteiger partial charge in [-0.2, -0.15) is 0 Å². The highest BCUT2D eigenvalue weighted by Gasteiger charge is 2.34. The van der Waals surface area contributed by atoms with Gasteiger partial charge >= 0.3 is 6.03 Å². The molecule has 0 radical (unpaired) electrons. The lowest BCUT2D eigenvalue weighted by molar-refractivity contribution is -0.116. The molecule has 3 N–H and O–H groups in total. The van der Waals surface area contributed by atoms with E-state index in [1.165, 1.54) is 4.90 Å². The Labute approximate surface area is 180 Å². The average Bonchev–Trinajstić information content (AvgIpc) is 3.51. The second-order valence-electron chi connectivity index (χ2n) is 7.91. The van der Waals surface area contributed by atoms with Gasteiger partial charge in [0, 0.05) is 30.4 Å². The molecule has 2 aromatic rings. The first-order valence-electron chi connectivity index (χ1n) is 10.3. The largest absolute Gasteiger partial charge is 0.335 e. The fourth-order valence-corrected chi connectivity index (χ4v) is 3.45. The predicted octanol–water partition coefficient (Wildman–Crippen LogP) is 3.29. The van der Waals surface area contributed by atoms with Crippen molar-refractivity contribution in [2.24, 2.45) is 0 Å². The number of carbonyl (C=O) groups is 4. The number of nitrogens with zero attached hydrogens (tertiary/aromatic N) is 1. The van der Waals surface area contributed by atoms with Crippen LogP contribution in [0.4, 0.5) is 16.2 Å². The van der Waals surface area contributed by atoms with Crippen molar-refractivity contribution < 1.29 is 19.2 Å². The summed E-state index contributed by atoms with van der Waals surface area (Å²) in [7, 11) is 0. The highest BCUT2D eigenvalue weighted by molar-refractivity contribution is 6.21. The quantitative estimate of drug-likeness (QED) is 0.597. The van der Waals surface area contributed by atoms with E-state index in [1.807, 2.05) is 6.92 Å². The number of rotatable bonds is 7. The summed E-state index contributed by atoms with van der Waals surface area (Å²) in [5, 5.41) is 8.37. The summed E-state index contributed by atoms with van der Waals surface area (Å²) in [6.07, 6.45) is 2.59. The molecule has 1 aliphatic heterocycles. The second kappa shape index (κ2) is 8.59. The van der Waals surface area contributed by atoms with E-state index in [-0.39, 0.29) is 42.8 Å². The van der Waals surface area contributed by atoms with Crippen LogP contribution in [0.5, 0.6) is 0 Å². The van der Waals surface area contributed by atoms with Gasteiger partial charge in [-0.15, -0.1) is 0 Å². The number of imide groups is 1. The van der Waals surface area contributed by atoms with Crippen molar-refractivity contribution in [2.75, 3.05) is 17.2 Å². The topological polar surface area (TPSA) is 108 Å². The Morgan fingerprint density at radius 1 is 0.935 bits per heavy atom. The monoisotopic (exact) mass is 420 g/mol. The lowest BCUT2D eigenvalue weighted by Gasteiger charge is -2.13. The highest BCUT2D eigenvalue weighted by Crippen LogP contribution is 2.24. The molecule has 2 aromatic carbocycles. The third-order valence-electron chi connectivity index (χ3n) is 5.25. The van der Waals surface area contributed by atoms with Crippen molar-refractivity contribution in [2.45, 2.75) is 38.6 Å². The number of aryl methyl sites for hydroxylation is 1. The Morgan fingerprint density at radius 2 is 1.58 bits per heavy atom. The third-order valence-corrected chi connectivity index (χ3v) is 5.25. The van der Waals surface area contributed by atoms with Gasteiger partial charge in [0.05, 0.1) is 11.1 Å². The number of amides is 5. The van der Waals surface area contributed by atoms with Crippen molar-refractivity contribution in [1.82, 2.24) is 10.2 Å². The van der Waals surface area contributed by atoms with Crippen LogP contribution in [0.2, 0.25) is 0 Å². The Hall–Kier alpha value is -3.68. The number of benzene rings is 2. The Kier molecular flexibility index (Phi) is 5.70. The van der Waals surface area contributed by atoms with E-state index in [0.29, 0.717) is 28.9 Å². The van der Waals surface area contributed by atoms with Crippen LogP contribution in [0.1, 0.15) is 52.0 Å². The van der Waals surface area contributed by atoms with Crippen LogP contribution >= 0.6 is 0 Å². The average molecular weight is 420 g/mol. The molecule has 1 saturated carbocycles. The van der Waals surface area contributed by atoms with Crippen molar-refractivity contribution >= 4 is 35.1 Å². The summed E-state index contributed by atoms with van der Waals surface area (Å²) in [5.74, 6) is -0.827. The SMILES string of the molecule is Cc1ccc2c(c1)C(=O)N(CCCC(=O)Nc1ccc(NC(=O)NC3CC3)cc1)C2=O. The minimum atomic E-state index is -0.311. The smallest absolute Gasteiger partial charge is 0.319 e. The van der Waals surface area contributed by atoms with Crippen molar-refractivity contribution in [3.05, 3.63) is 59.2 Å². The molecule has 160 valence electrons. The van der Waals surface area contributed by atoms with E-state index in [4.69, 9.17) is 0 Å². The van der Waals surface area contributed by atoms with Crippen LogP contribution in [-0.4, -0.2) is 41.2 Å². The lowest BCUT2D eigenvalue weighted by atomic mass is 10.1. The van der Waals surface area contributed by atoms with Gasteiger partial charge in [-0.3, -0.25) is 19.3 Å². The number of hydrogen-bond acceptors (Lipinski definition) is 4. The molecule has 8 heteroatoms. The number of carbonyl (C=O) groups excluding carboxylic acids is 4. The molecular formula is C23H24N4O4. The molecule has 0 bridgehead atoms. The molecule has 1 fully saturated rings. The van der Waals surface area contributed by atoms with Gasteiger partial charge in [0.15, 0.2) is 0 Å². The zero-order chi connectivity index (χ0) is 22.0. The van der Waals surface area contributed by atoms with Crippen LogP contribution < -0.4 is 16.0 Å². The Balaban J connectivity index is 1.23. The molecular weight excluding hydrogens is 396 g/mol. The number of anilines is 2. The summed E-state index contributed by atoms with van der Waals surface area (Å²) in [4.78, 5) is 50.1. The first-order valence-corrected chi connectivity index (χ1v) is 10.3. The molecule has 0 atom stereocenters. The molecule has 0 saturated heterocycles. The normalized spacial score (nSPS) is 14.9. The van der Waals surface area contributed by atoms with E-state index >= 15 is 0 Å². The zero-order valence-corrected chi connectivity index (χ0v) is 17.2. The molecule has 0 unspecified atom stereocenters. The lowest BCUT2D eigenvalue weighted by Crippen LogP contribution is -2.31. The molecule has 1 aliphatic carbocycles. The van der Waals surface area contributed by atoms with Crippen LogP contribution in [0, 0.1) is 6.92 Å². The van der Waals surface area contributed by atoms with Crippen LogP contribution in [0.25, 0.3) is 0 Å². The van der Waals surface area contributed by atoms with Crippen molar-refractivity contribution in [3.8, 4) is 0 Å². The molecule has 5 amide bonds. The van der Waals surface area contributed by atoms with Gasteiger partial charge in [-0.1, -0.05) is 11.6 Å². The van der Waals surface area contributed by atoms with Crippen LogP contribution in [-0.2, 0) is 4.79 Å². The standard InChI is InChI=1S/C23H24N4O4/c1-14-4-11-18-19(13-14)22(30)27(21(18)29)12-2-3-20(28)24-15-5-7-16(8-6-15)25-23(31)26-17-9-10-17/h4-8,11,13,17H,2-3,9-10,12H2,1H3,(H,24,28)(H2,25,26,31). The molecule has 8 nitrogen and oxygen atoms in total. The summed E-state index contributed by atoms with van der Waals surface area (Å²) in [6.45, 7) is 2.06. The first kappa shape index (κ1) is 20.6. The maximum Gasteiger partial charge on any atom is 0.319 e. The number of nitrogens with one attached hydrogen (secondary N) is 3. The zero-order valence-electron chi connectivity index (χ0n) is 17.2. The number of urea groups is 1. The van der Waals surface area contributed by atoms with E-state index in [9.17, 15) is 19.2 Å². The van der Waals surface area contributed by atoms with Crippen LogP contribution in [0.3, 0.4) is 0 Å². The van der Waals surface area contributed by atoms with Gasteiger partial charge in [-0.05, 0) is 62.6 Å².